The third-order valence-corrected chi connectivity index (χ3v) is 4.00. The molecule has 1 saturated carbocycles. The summed E-state index contributed by atoms with van der Waals surface area (Å²) in [5, 5.41) is 4.07. The van der Waals surface area contributed by atoms with Gasteiger partial charge in [-0.2, -0.15) is 4.98 Å². The number of aromatic nitrogens is 2. The Kier molecular flexibility index (Phi) is 3.76. The van der Waals surface area contributed by atoms with Crippen molar-refractivity contribution in [1.82, 2.24) is 10.1 Å². The van der Waals surface area contributed by atoms with E-state index in [2.05, 4.69) is 26.1 Å². The van der Waals surface area contributed by atoms with Crippen LogP contribution in [0.3, 0.4) is 0 Å². The highest BCUT2D eigenvalue weighted by molar-refractivity contribution is 9.10. The average molecular weight is 338 g/mol. The van der Waals surface area contributed by atoms with E-state index in [9.17, 15) is 0 Å². The van der Waals surface area contributed by atoms with E-state index in [1.165, 1.54) is 0 Å². The first-order valence-corrected chi connectivity index (χ1v) is 7.49. The molecule has 1 heterocycles. The lowest BCUT2D eigenvalue weighted by atomic mass is 10.2. The Morgan fingerprint density at radius 1 is 1.50 bits per heavy atom. The molecule has 20 heavy (non-hydrogen) atoms. The Morgan fingerprint density at radius 3 is 3.00 bits per heavy atom. The Hall–Kier alpha value is -1.40. The summed E-state index contributed by atoms with van der Waals surface area (Å²) in [6.07, 6.45) is 2.27. The van der Waals surface area contributed by atoms with E-state index < -0.39 is 0 Å². The summed E-state index contributed by atoms with van der Waals surface area (Å²) in [5.41, 5.74) is 7.26. The molecule has 0 spiro atoms. The fourth-order valence-corrected chi connectivity index (χ4v) is 2.58. The van der Waals surface area contributed by atoms with Gasteiger partial charge in [0, 0.05) is 16.8 Å². The summed E-state index contributed by atoms with van der Waals surface area (Å²) >= 11 is 3.47. The first-order valence-electron chi connectivity index (χ1n) is 6.69. The summed E-state index contributed by atoms with van der Waals surface area (Å²) in [4.78, 5) is 4.47. The number of benzene rings is 1. The number of hydrogen-bond acceptors (Lipinski definition) is 5. The normalized spacial score (nSPS) is 16.3. The van der Waals surface area contributed by atoms with Crippen LogP contribution >= 0.6 is 15.9 Å². The van der Waals surface area contributed by atoms with E-state index in [0.717, 1.165) is 22.9 Å². The molecular formula is C14H16BrN3O2. The predicted molar refractivity (Wildman–Crippen MR) is 78.9 cm³/mol. The van der Waals surface area contributed by atoms with Crippen molar-refractivity contribution in [3.8, 4) is 11.5 Å². The lowest BCUT2D eigenvalue weighted by molar-refractivity contribution is 0.0385. The quantitative estimate of drug-likeness (QED) is 0.844. The van der Waals surface area contributed by atoms with Crippen LogP contribution < -0.4 is 5.73 Å². The maximum Gasteiger partial charge on any atom is 0.259 e. The second kappa shape index (κ2) is 5.54. The number of anilines is 1. The van der Waals surface area contributed by atoms with E-state index in [-0.39, 0.29) is 6.10 Å². The van der Waals surface area contributed by atoms with E-state index in [1.807, 2.05) is 25.1 Å². The number of halogens is 1. The van der Waals surface area contributed by atoms with Gasteiger partial charge in [-0.3, -0.25) is 0 Å². The average Bonchev–Trinajstić information content (AvgIpc) is 3.16. The van der Waals surface area contributed by atoms with Gasteiger partial charge in [0.05, 0.1) is 5.56 Å². The summed E-state index contributed by atoms with van der Waals surface area (Å²) in [5.74, 6) is 1.60. The van der Waals surface area contributed by atoms with Crippen LogP contribution in [0.15, 0.2) is 27.2 Å². The van der Waals surface area contributed by atoms with Gasteiger partial charge in [-0.05, 0) is 59.8 Å². The van der Waals surface area contributed by atoms with Gasteiger partial charge in [0.2, 0.25) is 5.82 Å². The first-order chi connectivity index (χ1) is 9.69. The fraction of sp³-hybridized carbons (Fsp3) is 0.429. The van der Waals surface area contributed by atoms with Gasteiger partial charge < -0.3 is 15.0 Å². The van der Waals surface area contributed by atoms with Crippen molar-refractivity contribution in [3.63, 3.8) is 0 Å². The Labute approximate surface area is 125 Å². The van der Waals surface area contributed by atoms with Crippen molar-refractivity contribution in [3.05, 3.63) is 28.5 Å². The molecule has 1 unspecified atom stereocenters. The maximum atomic E-state index is 5.80. The lowest BCUT2D eigenvalue weighted by Gasteiger charge is -2.11. The zero-order chi connectivity index (χ0) is 14.1. The van der Waals surface area contributed by atoms with Crippen molar-refractivity contribution in [2.75, 3.05) is 12.3 Å². The monoisotopic (exact) mass is 337 g/mol. The number of rotatable bonds is 5. The zero-order valence-corrected chi connectivity index (χ0v) is 12.8. The molecule has 1 aliphatic rings. The van der Waals surface area contributed by atoms with Gasteiger partial charge in [0.25, 0.3) is 5.89 Å². The Balaban J connectivity index is 1.90. The minimum atomic E-state index is -0.0580. The molecule has 2 N–H and O–H groups in total. The standard InChI is InChI=1S/C14H16BrN3O2/c1-2-19-12(8-3-4-8)13-17-14(20-18-13)10-7-9(16)5-6-11(10)15/h5-8,12H,2-4,16H2,1H3. The van der Waals surface area contributed by atoms with Gasteiger partial charge in [-0.15, -0.1) is 0 Å². The van der Waals surface area contributed by atoms with E-state index in [4.69, 9.17) is 15.0 Å². The molecular weight excluding hydrogens is 322 g/mol. The van der Waals surface area contributed by atoms with Gasteiger partial charge in [0.15, 0.2) is 0 Å². The number of hydrogen-bond donors (Lipinski definition) is 1. The smallest absolute Gasteiger partial charge is 0.259 e. The molecule has 0 saturated heterocycles. The number of nitrogens with zero attached hydrogens (tertiary/aromatic N) is 2. The molecule has 1 atom stereocenters. The molecule has 106 valence electrons. The van der Waals surface area contributed by atoms with Crippen LogP contribution in [0.25, 0.3) is 11.5 Å². The Bertz CT molecular complexity index is 610. The van der Waals surface area contributed by atoms with Crippen LogP contribution in [0.4, 0.5) is 5.69 Å². The minimum absolute atomic E-state index is 0.0580. The summed E-state index contributed by atoms with van der Waals surface area (Å²) < 4.78 is 12.0. The van der Waals surface area contributed by atoms with E-state index in [1.54, 1.807) is 0 Å². The van der Waals surface area contributed by atoms with Gasteiger partial charge in [-0.1, -0.05) is 5.16 Å². The highest BCUT2D eigenvalue weighted by Crippen LogP contribution is 2.42. The van der Waals surface area contributed by atoms with Crippen molar-refractivity contribution in [2.24, 2.45) is 5.92 Å². The number of ether oxygens (including phenoxy) is 1. The van der Waals surface area contributed by atoms with Gasteiger partial charge in [-0.25, -0.2) is 0 Å². The van der Waals surface area contributed by atoms with Crippen LogP contribution in [0.2, 0.25) is 0 Å². The van der Waals surface area contributed by atoms with Crippen LogP contribution in [0.1, 0.15) is 31.7 Å². The molecule has 1 fully saturated rings. The minimum Gasteiger partial charge on any atom is -0.399 e. The molecule has 6 heteroatoms. The second-order valence-electron chi connectivity index (χ2n) is 4.91. The molecule has 1 aliphatic carbocycles. The SMILES string of the molecule is CCOC(c1noc(-c2cc(N)ccc2Br)n1)C1CC1. The molecule has 5 nitrogen and oxygen atoms in total. The zero-order valence-electron chi connectivity index (χ0n) is 11.2. The van der Waals surface area contributed by atoms with Crippen LogP contribution in [-0.2, 0) is 4.74 Å². The van der Waals surface area contributed by atoms with E-state index in [0.29, 0.717) is 29.9 Å². The predicted octanol–water partition coefficient (Wildman–Crippen LogP) is 3.57. The highest BCUT2D eigenvalue weighted by atomic mass is 79.9. The highest BCUT2D eigenvalue weighted by Gasteiger charge is 2.36. The van der Waals surface area contributed by atoms with Crippen molar-refractivity contribution >= 4 is 21.6 Å². The van der Waals surface area contributed by atoms with Gasteiger partial charge in [0.1, 0.15) is 6.10 Å². The molecule has 0 bridgehead atoms. The summed E-state index contributed by atoms with van der Waals surface area (Å²) in [6, 6.07) is 5.50. The van der Waals surface area contributed by atoms with Crippen molar-refractivity contribution < 1.29 is 9.26 Å². The number of nitrogen functional groups attached to an aromatic ring is 1. The van der Waals surface area contributed by atoms with Gasteiger partial charge >= 0.3 is 0 Å². The van der Waals surface area contributed by atoms with Crippen molar-refractivity contribution in [1.29, 1.82) is 0 Å². The maximum absolute atomic E-state index is 5.80. The second-order valence-corrected chi connectivity index (χ2v) is 5.76. The van der Waals surface area contributed by atoms with Crippen LogP contribution in [0, 0.1) is 5.92 Å². The van der Waals surface area contributed by atoms with E-state index >= 15 is 0 Å². The molecule has 3 rings (SSSR count). The fourth-order valence-electron chi connectivity index (χ4n) is 2.17. The largest absolute Gasteiger partial charge is 0.399 e. The van der Waals surface area contributed by atoms with Crippen LogP contribution in [0.5, 0.6) is 0 Å². The molecule has 0 aliphatic heterocycles. The molecule has 0 amide bonds. The molecule has 0 radical (unpaired) electrons. The molecule has 1 aromatic carbocycles. The topological polar surface area (TPSA) is 74.2 Å². The van der Waals surface area contributed by atoms with Crippen molar-refractivity contribution in [2.45, 2.75) is 25.9 Å². The Morgan fingerprint density at radius 2 is 2.30 bits per heavy atom. The molecule has 2 aromatic rings. The first kappa shape index (κ1) is 13.6. The summed E-state index contributed by atoms with van der Waals surface area (Å²) in [6.45, 7) is 2.62. The lowest BCUT2D eigenvalue weighted by Crippen LogP contribution is -2.08. The molecule has 1 aromatic heterocycles. The summed E-state index contributed by atoms with van der Waals surface area (Å²) in [7, 11) is 0. The van der Waals surface area contributed by atoms with Crippen LogP contribution in [-0.4, -0.2) is 16.7 Å². The third kappa shape index (κ3) is 2.71. The third-order valence-electron chi connectivity index (χ3n) is 3.31. The number of nitrogens with two attached hydrogens (primary N) is 1.